The van der Waals surface area contributed by atoms with Gasteiger partial charge >= 0.3 is 0 Å². The van der Waals surface area contributed by atoms with Gasteiger partial charge in [-0.05, 0) is 51.8 Å². The third-order valence-electron chi connectivity index (χ3n) is 6.58. The summed E-state index contributed by atoms with van der Waals surface area (Å²) >= 11 is 0. The lowest BCUT2D eigenvalue weighted by Crippen LogP contribution is -2.46. The van der Waals surface area contributed by atoms with E-state index in [1.165, 1.54) is 5.56 Å². The summed E-state index contributed by atoms with van der Waals surface area (Å²) in [5.41, 5.74) is 3.48. The Balaban J connectivity index is 1.54. The maximum atomic E-state index is 13.4. The average molecular weight is 437 g/mol. The van der Waals surface area contributed by atoms with Gasteiger partial charge in [-0.25, -0.2) is 9.97 Å². The van der Waals surface area contributed by atoms with Crippen molar-refractivity contribution in [1.29, 1.82) is 0 Å². The van der Waals surface area contributed by atoms with Gasteiger partial charge in [0.25, 0.3) is 0 Å². The van der Waals surface area contributed by atoms with Gasteiger partial charge in [0.05, 0.1) is 18.3 Å². The summed E-state index contributed by atoms with van der Waals surface area (Å²) in [6.07, 6.45) is 4.18. The highest BCUT2D eigenvalue weighted by molar-refractivity contribution is 5.78. The van der Waals surface area contributed by atoms with E-state index in [0.717, 1.165) is 68.2 Å². The van der Waals surface area contributed by atoms with Crippen LogP contribution < -0.4 is 10.6 Å². The van der Waals surface area contributed by atoms with E-state index < -0.39 is 0 Å². The number of rotatable bonds is 7. The molecule has 7 nitrogen and oxygen atoms in total. The lowest BCUT2D eigenvalue weighted by molar-refractivity contribution is -0.135. The van der Waals surface area contributed by atoms with Crippen molar-refractivity contribution in [1.82, 2.24) is 25.1 Å². The first-order valence-corrected chi connectivity index (χ1v) is 11.9. The second-order valence-corrected chi connectivity index (χ2v) is 9.12. The molecule has 1 aromatic heterocycles. The van der Waals surface area contributed by atoms with Gasteiger partial charge in [0.1, 0.15) is 11.6 Å². The van der Waals surface area contributed by atoms with Gasteiger partial charge in [0.15, 0.2) is 0 Å². The smallest absolute Gasteiger partial charge is 0.237 e. The second-order valence-electron chi connectivity index (χ2n) is 9.12. The molecule has 1 saturated heterocycles. The first-order valence-electron chi connectivity index (χ1n) is 11.9. The number of anilines is 1. The van der Waals surface area contributed by atoms with Crippen molar-refractivity contribution in [3.05, 3.63) is 53.0 Å². The minimum absolute atomic E-state index is 0.0813. The molecule has 7 heteroatoms. The van der Waals surface area contributed by atoms with Crippen LogP contribution in [-0.2, 0) is 24.3 Å². The molecule has 0 unspecified atom stereocenters. The van der Waals surface area contributed by atoms with E-state index >= 15 is 0 Å². The first kappa shape index (κ1) is 22.7. The number of likely N-dealkylation sites (tertiary alicyclic amines) is 1. The monoisotopic (exact) mass is 436 g/mol. The van der Waals surface area contributed by atoms with Crippen LogP contribution in [0.3, 0.4) is 0 Å². The maximum absolute atomic E-state index is 13.4. The van der Waals surface area contributed by atoms with Crippen LogP contribution >= 0.6 is 0 Å². The number of hydrogen-bond acceptors (Lipinski definition) is 6. The van der Waals surface area contributed by atoms with E-state index in [0.29, 0.717) is 13.1 Å². The number of fused-ring (bicyclic) bond motifs is 1. The van der Waals surface area contributed by atoms with Gasteiger partial charge < -0.3 is 15.5 Å². The average Bonchev–Trinajstić information content (AvgIpc) is 2.82. The molecular weight excluding hydrogens is 400 g/mol. The lowest BCUT2D eigenvalue weighted by atomic mass is 10.00. The molecule has 0 saturated carbocycles. The van der Waals surface area contributed by atoms with Crippen LogP contribution in [0.25, 0.3) is 0 Å². The molecule has 32 heavy (non-hydrogen) atoms. The fourth-order valence-corrected chi connectivity index (χ4v) is 4.81. The quantitative estimate of drug-likeness (QED) is 0.695. The molecule has 3 heterocycles. The largest absolute Gasteiger partial charge is 0.373 e. The van der Waals surface area contributed by atoms with Gasteiger partial charge in [-0.3, -0.25) is 9.69 Å². The Morgan fingerprint density at radius 3 is 2.81 bits per heavy atom. The summed E-state index contributed by atoms with van der Waals surface area (Å²) in [4.78, 5) is 27.6. The Morgan fingerprint density at radius 1 is 1.25 bits per heavy atom. The number of amides is 1. The number of nitrogens with zero attached hydrogens (tertiary/aromatic N) is 4. The highest BCUT2D eigenvalue weighted by Gasteiger charge is 2.31. The number of carbonyl (C=O) groups excluding carboxylic acids is 1. The van der Waals surface area contributed by atoms with E-state index in [1.54, 1.807) is 0 Å². The maximum Gasteiger partial charge on any atom is 0.237 e. The molecule has 2 aromatic rings. The summed E-state index contributed by atoms with van der Waals surface area (Å²) in [5.74, 6) is 1.96. The van der Waals surface area contributed by atoms with Crippen molar-refractivity contribution in [3.8, 4) is 0 Å². The molecule has 1 aromatic carbocycles. The zero-order chi connectivity index (χ0) is 22.5. The normalized spacial score (nSPS) is 18.9. The predicted molar refractivity (Wildman–Crippen MR) is 127 cm³/mol. The van der Waals surface area contributed by atoms with Gasteiger partial charge in [0, 0.05) is 31.7 Å². The van der Waals surface area contributed by atoms with E-state index in [9.17, 15) is 4.79 Å². The minimum Gasteiger partial charge on any atom is -0.373 e. The van der Waals surface area contributed by atoms with Crippen molar-refractivity contribution < 1.29 is 4.79 Å². The second kappa shape index (κ2) is 10.4. The Labute approximate surface area is 191 Å². The molecule has 0 radical (unpaired) electrons. The molecule has 4 rings (SSSR count). The number of nitrogens with one attached hydrogen (secondary N) is 2. The standard InChI is InChI=1S/C25H36N6O/c1-18(2)31(16-19-9-5-4-6-10-19)23(32)17-30-14-8-7-11-22(30)25-28-21-15-27-13-12-20(21)24(26-3)29-25/h4-6,9-10,18,22,27H,7-8,11-17H2,1-3H3,(H,26,28,29)/t22-/m1/s1. The van der Waals surface area contributed by atoms with Gasteiger partial charge in [-0.2, -0.15) is 0 Å². The summed E-state index contributed by atoms with van der Waals surface area (Å²) < 4.78 is 0. The highest BCUT2D eigenvalue weighted by atomic mass is 16.2. The SMILES string of the molecule is CNc1nc([C@H]2CCCCN2CC(=O)N(Cc2ccccc2)C(C)C)nc2c1CCNC2. The van der Waals surface area contributed by atoms with E-state index in [2.05, 4.69) is 41.5 Å². The molecule has 2 N–H and O–H groups in total. The molecular formula is C25H36N6O. The van der Waals surface area contributed by atoms with Crippen LogP contribution in [0.15, 0.2) is 30.3 Å². The van der Waals surface area contributed by atoms with Crippen molar-refractivity contribution in [2.45, 2.75) is 64.7 Å². The van der Waals surface area contributed by atoms with E-state index in [1.807, 2.05) is 30.1 Å². The van der Waals surface area contributed by atoms with Gasteiger partial charge in [-0.1, -0.05) is 36.8 Å². The third-order valence-corrected chi connectivity index (χ3v) is 6.58. The molecule has 0 aliphatic carbocycles. The van der Waals surface area contributed by atoms with Crippen molar-refractivity contribution in [2.24, 2.45) is 0 Å². The number of aromatic nitrogens is 2. The van der Waals surface area contributed by atoms with E-state index in [-0.39, 0.29) is 18.0 Å². The highest BCUT2D eigenvalue weighted by Crippen LogP contribution is 2.31. The van der Waals surface area contributed by atoms with Crippen molar-refractivity contribution >= 4 is 11.7 Å². The number of carbonyl (C=O) groups is 1. The fraction of sp³-hybridized carbons (Fsp3) is 0.560. The zero-order valence-electron chi connectivity index (χ0n) is 19.6. The Kier molecular flexibility index (Phi) is 7.37. The predicted octanol–water partition coefficient (Wildman–Crippen LogP) is 3.13. The molecule has 0 spiro atoms. The Hall–Kier alpha value is -2.51. The van der Waals surface area contributed by atoms with Crippen LogP contribution in [0.2, 0.25) is 0 Å². The van der Waals surface area contributed by atoms with Gasteiger partial charge in [0.2, 0.25) is 5.91 Å². The van der Waals surface area contributed by atoms with E-state index in [4.69, 9.17) is 9.97 Å². The summed E-state index contributed by atoms with van der Waals surface area (Å²) in [7, 11) is 1.93. The van der Waals surface area contributed by atoms with Crippen LogP contribution in [0, 0.1) is 0 Å². The summed E-state index contributed by atoms with van der Waals surface area (Å²) in [6, 6.07) is 10.5. The molecule has 1 amide bonds. The molecule has 2 aliphatic heterocycles. The fourth-order valence-electron chi connectivity index (χ4n) is 4.81. The van der Waals surface area contributed by atoms with Crippen LogP contribution in [-0.4, -0.2) is 58.4 Å². The van der Waals surface area contributed by atoms with Crippen LogP contribution in [0.5, 0.6) is 0 Å². The number of hydrogen-bond donors (Lipinski definition) is 2. The number of benzene rings is 1. The number of piperidine rings is 1. The third kappa shape index (κ3) is 5.10. The molecule has 172 valence electrons. The first-order chi connectivity index (χ1) is 15.6. The summed E-state index contributed by atoms with van der Waals surface area (Å²) in [6.45, 7) is 7.87. The summed E-state index contributed by atoms with van der Waals surface area (Å²) in [5, 5.41) is 6.70. The lowest BCUT2D eigenvalue weighted by Gasteiger charge is -2.37. The van der Waals surface area contributed by atoms with Crippen LogP contribution in [0.1, 0.15) is 61.8 Å². The van der Waals surface area contributed by atoms with Crippen molar-refractivity contribution in [3.63, 3.8) is 0 Å². The minimum atomic E-state index is 0.0813. The van der Waals surface area contributed by atoms with Gasteiger partial charge in [-0.15, -0.1) is 0 Å². The molecule has 0 bridgehead atoms. The Bertz CT molecular complexity index is 899. The van der Waals surface area contributed by atoms with Crippen LogP contribution in [0.4, 0.5) is 5.82 Å². The molecule has 1 atom stereocenters. The molecule has 2 aliphatic rings. The zero-order valence-corrected chi connectivity index (χ0v) is 19.6. The van der Waals surface area contributed by atoms with Crippen molar-refractivity contribution in [2.75, 3.05) is 32.0 Å². The topological polar surface area (TPSA) is 73.4 Å². The molecule has 1 fully saturated rings. The Morgan fingerprint density at radius 2 is 2.06 bits per heavy atom.